The number of carbonyl (C=O) groups excluding carboxylic acids is 1. The Morgan fingerprint density at radius 3 is 2.56 bits per heavy atom. The molecule has 1 aromatic heterocycles. The molecule has 1 aromatic rings. The lowest BCUT2D eigenvalue weighted by Gasteiger charge is -2.19. The molecule has 0 unspecified atom stereocenters. The molecule has 0 aliphatic heterocycles. The van der Waals surface area contributed by atoms with E-state index in [2.05, 4.69) is 10.3 Å². The molecule has 88 valence electrons. The van der Waals surface area contributed by atoms with Crippen LogP contribution in [0.5, 0.6) is 0 Å². The summed E-state index contributed by atoms with van der Waals surface area (Å²) >= 11 is 5.72. The lowest BCUT2D eigenvalue weighted by Crippen LogP contribution is -2.27. The van der Waals surface area contributed by atoms with Crippen LogP contribution >= 0.6 is 11.6 Å². The summed E-state index contributed by atoms with van der Waals surface area (Å²) in [5.74, 6) is 0. The third-order valence-electron chi connectivity index (χ3n) is 1.51. The van der Waals surface area contributed by atoms with Gasteiger partial charge < -0.3 is 9.72 Å². The summed E-state index contributed by atoms with van der Waals surface area (Å²) in [5.41, 5.74) is -0.617. The fourth-order valence-electron chi connectivity index (χ4n) is 0.959. The topological polar surface area (TPSA) is 71.2 Å². The Hall–Kier alpha value is -1.49. The van der Waals surface area contributed by atoms with Gasteiger partial charge in [0, 0.05) is 6.07 Å². The van der Waals surface area contributed by atoms with Crippen LogP contribution in [0.15, 0.2) is 16.9 Å². The van der Waals surface area contributed by atoms with E-state index >= 15 is 0 Å². The smallest absolute Gasteiger partial charge is 0.412 e. The predicted octanol–water partition coefficient (Wildman–Crippen LogP) is 2.38. The van der Waals surface area contributed by atoms with Crippen LogP contribution in [0, 0.1) is 0 Å². The Bertz CT molecular complexity index is 448. The van der Waals surface area contributed by atoms with E-state index < -0.39 is 11.7 Å². The maximum absolute atomic E-state index is 11.4. The van der Waals surface area contributed by atoms with Crippen molar-refractivity contribution in [2.75, 3.05) is 5.32 Å². The third kappa shape index (κ3) is 3.94. The van der Waals surface area contributed by atoms with E-state index in [1.165, 1.54) is 12.1 Å². The molecule has 0 saturated heterocycles. The van der Waals surface area contributed by atoms with Crippen LogP contribution in [0.25, 0.3) is 0 Å². The monoisotopic (exact) mass is 244 g/mol. The summed E-state index contributed by atoms with van der Waals surface area (Å²) in [4.78, 5) is 24.6. The van der Waals surface area contributed by atoms with Gasteiger partial charge in [0.15, 0.2) is 0 Å². The molecule has 1 amide bonds. The van der Waals surface area contributed by atoms with E-state index in [0.717, 1.165) is 0 Å². The van der Waals surface area contributed by atoms with Gasteiger partial charge in [0.2, 0.25) is 5.56 Å². The van der Waals surface area contributed by atoms with Gasteiger partial charge in [-0.2, -0.15) is 0 Å². The fraction of sp³-hybridized carbons (Fsp3) is 0.400. The van der Waals surface area contributed by atoms with E-state index in [4.69, 9.17) is 16.3 Å². The Morgan fingerprint density at radius 1 is 1.44 bits per heavy atom. The van der Waals surface area contributed by atoms with E-state index in [1.54, 1.807) is 20.8 Å². The highest BCUT2D eigenvalue weighted by atomic mass is 35.5. The molecule has 1 heterocycles. The summed E-state index contributed by atoms with van der Waals surface area (Å²) in [6, 6.07) is 2.67. The van der Waals surface area contributed by atoms with Crippen molar-refractivity contribution in [1.29, 1.82) is 0 Å². The number of ether oxygens (including phenoxy) is 1. The lowest BCUT2D eigenvalue weighted by atomic mass is 10.2. The summed E-state index contributed by atoms with van der Waals surface area (Å²) < 4.78 is 5.03. The molecule has 0 fully saturated rings. The number of aromatic nitrogens is 1. The second kappa shape index (κ2) is 4.57. The van der Waals surface area contributed by atoms with Gasteiger partial charge in [-0.05, 0) is 26.8 Å². The molecule has 2 N–H and O–H groups in total. The van der Waals surface area contributed by atoms with E-state index in [-0.39, 0.29) is 10.7 Å². The zero-order chi connectivity index (χ0) is 12.3. The minimum Gasteiger partial charge on any atom is -0.444 e. The number of halogens is 1. The third-order valence-corrected chi connectivity index (χ3v) is 1.80. The number of carbonyl (C=O) groups is 1. The predicted molar refractivity (Wildman–Crippen MR) is 61.9 cm³/mol. The minimum atomic E-state index is -0.624. The van der Waals surface area contributed by atoms with Crippen molar-refractivity contribution >= 4 is 23.4 Å². The molecule has 0 saturated carbocycles. The van der Waals surface area contributed by atoms with Gasteiger partial charge in [-0.1, -0.05) is 11.6 Å². The Morgan fingerprint density at radius 2 is 2.06 bits per heavy atom. The van der Waals surface area contributed by atoms with Crippen molar-refractivity contribution in [3.05, 3.63) is 27.6 Å². The van der Waals surface area contributed by atoms with E-state index in [9.17, 15) is 9.59 Å². The lowest BCUT2D eigenvalue weighted by molar-refractivity contribution is 0.0636. The van der Waals surface area contributed by atoms with Gasteiger partial charge in [-0.3, -0.25) is 10.1 Å². The van der Waals surface area contributed by atoms with Crippen molar-refractivity contribution in [1.82, 2.24) is 4.98 Å². The van der Waals surface area contributed by atoms with Gasteiger partial charge in [-0.15, -0.1) is 0 Å². The molecule has 0 atom stereocenters. The Kier molecular flexibility index (Phi) is 3.59. The number of hydrogen-bond acceptors (Lipinski definition) is 3. The first kappa shape index (κ1) is 12.6. The van der Waals surface area contributed by atoms with Gasteiger partial charge >= 0.3 is 6.09 Å². The molecule has 0 aliphatic carbocycles. The number of aromatic amines is 1. The number of hydrogen-bond donors (Lipinski definition) is 2. The van der Waals surface area contributed by atoms with Crippen molar-refractivity contribution in [3.63, 3.8) is 0 Å². The zero-order valence-corrected chi connectivity index (χ0v) is 10.0. The normalized spacial score (nSPS) is 11.0. The number of anilines is 1. The quantitative estimate of drug-likeness (QED) is 0.745. The maximum Gasteiger partial charge on any atom is 0.412 e. The largest absolute Gasteiger partial charge is 0.444 e. The van der Waals surface area contributed by atoms with Gasteiger partial charge in [-0.25, -0.2) is 4.79 Å². The second-order valence-corrected chi connectivity index (χ2v) is 4.56. The average molecular weight is 245 g/mol. The molecule has 0 aliphatic rings. The average Bonchev–Trinajstić information content (AvgIpc) is 2.06. The molecular weight excluding hydrogens is 232 g/mol. The maximum atomic E-state index is 11.4. The van der Waals surface area contributed by atoms with Crippen molar-refractivity contribution in [3.8, 4) is 0 Å². The Labute approximate surface area is 97.8 Å². The Balaban J connectivity index is 2.74. The number of rotatable bonds is 1. The number of H-pyrrole nitrogens is 1. The molecule has 0 spiro atoms. The highest BCUT2D eigenvalue weighted by Crippen LogP contribution is 2.17. The van der Waals surface area contributed by atoms with Crippen molar-refractivity contribution < 1.29 is 9.53 Å². The number of amides is 1. The number of nitrogens with one attached hydrogen (secondary N) is 2. The first-order valence-corrected chi connectivity index (χ1v) is 5.04. The van der Waals surface area contributed by atoms with E-state index in [1.807, 2.05) is 0 Å². The van der Waals surface area contributed by atoms with Crippen molar-refractivity contribution in [2.24, 2.45) is 0 Å². The molecule has 0 aromatic carbocycles. The highest BCUT2D eigenvalue weighted by Gasteiger charge is 2.16. The van der Waals surface area contributed by atoms with Crippen LogP contribution in [0.2, 0.25) is 5.15 Å². The van der Waals surface area contributed by atoms with Crippen LogP contribution in [-0.2, 0) is 4.74 Å². The highest BCUT2D eigenvalue weighted by molar-refractivity contribution is 6.32. The first-order valence-electron chi connectivity index (χ1n) is 4.67. The fourth-order valence-corrected chi connectivity index (χ4v) is 1.16. The van der Waals surface area contributed by atoms with Crippen LogP contribution < -0.4 is 10.9 Å². The van der Waals surface area contributed by atoms with E-state index in [0.29, 0.717) is 5.69 Å². The molecule has 5 nitrogen and oxygen atoms in total. The molecule has 6 heteroatoms. The van der Waals surface area contributed by atoms with Crippen LogP contribution in [0.3, 0.4) is 0 Å². The molecule has 16 heavy (non-hydrogen) atoms. The summed E-state index contributed by atoms with van der Waals surface area (Å²) in [7, 11) is 0. The van der Waals surface area contributed by atoms with Crippen molar-refractivity contribution in [2.45, 2.75) is 26.4 Å². The molecular formula is C10H13ClN2O3. The van der Waals surface area contributed by atoms with Crippen LogP contribution in [0.1, 0.15) is 20.8 Å². The minimum absolute atomic E-state index is 0.0679. The number of pyridine rings is 1. The SMILES string of the molecule is CC(C)(C)OC(=O)Nc1ccc(=O)[nH]c1Cl. The van der Waals surface area contributed by atoms with Gasteiger partial charge in [0.1, 0.15) is 10.8 Å². The molecule has 0 bridgehead atoms. The molecule has 0 radical (unpaired) electrons. The summed E-state index contributed by atoms with van der Waals surface area (Å²) in [5, 5.41) is 2.50. The second-order valence-electron chi connectivity index (χ2n) is 4.18. The van der Waals surface area contributed by atoms with Gasteiger partial charge in [0.25, 0.3) is 0 Å². The standard InChI is InChI=1S/C10H13ClN2O3/c1-10(2,3)16-9(15)12-6-4-5-7(14)13-8(6)11/h4-5H,1-3H3,(H,12,15)(H,13,14). The zero-order valence-electron chi connectivity index (χ0n) is 9.26. The summed E-state index contributed by atoms with van der Waals surface area (Å²) in [6.07, 6.45) is -0.624. The van der Waals surface area contributed by atoms with Crippen LogP contribution in [0.4, 0.5) is 10.5 Å². The van der Waals surface area contributed by atoms with Gasteiger partial charge in [0.05, 0.1) is 5.69 Å². The first-order chi connectivity index (χ1) is 7.28. The summed E-state index contributed by atoms with van der Waals surface area (Å²) in [6.45, 7) is 5.25. The molecule has 1 rings (SSSR count). The van der Waals surface area contributed by atoms with Crippen LogP contribution in [-0.4, -0.2) is 16.7 Å².